The van der Waals surface area contributed by atoms with Crippen LogP contribution in [0.5, 0.6) is 0 Å². The molecule has 0 aromatic heterocycles. The lowest BCUT2D eigenvalue weighted by atomic mass is 10.3. The van der Waals surface area contributed by atoms with Crippen LogP contribution < -0.4 is 0 Å². The quantitative estimate of drug-likeness (QED) is 0.687. The molecule has 0 fully saturated rings. The van der Waals surface area contributed by atoms with Crippen LogP contribution in [-0.2, 0) is 19.2 Å². The molecule has 0 saturated carbocycles. The molecule has 0 aromatic rings. The van der Waals surface area contributed by atoms with E-state index in [1.54, 1.807) is 13.0 Å². The summed E-state index contributed by atoms with van der Waals surface area (Å²) < 4.78 is 0. The second-order valence-corrected chi connectivity index (χ2v) is 4.56. The van der Waals surface area contributed by atoms with Gasteiger partial charge in [0, 0.05) is 0 Å². The zero-order chi connectivity index (χ0) is 16.6. The van der Waals surface area contributed by atoms with Crippen LogP contribution in [-0.4, -0.2) is 23.1 Å². The van der Waals surface area contributed by atoms with Gasteiger partial charge in [-0.25, -0.2) is 0 Å². The maximum atomic E-state index is 10.2. The molecule has 0 heterocycles. The van der Waals surface area contributed by atoms with Crippen LogP contribution in [0.3, 0.4) is 0 Å². The van der Waals surface area contributed by atoms with Gasteiger partial charge in [0.2, 0.25) is 0 Å². The molecule has 19 heavy (non-hydrogen) atoms. The monoisotopic (exact) mass is 272 g/mol. The van der Waals surface area contributed by atoms with E-state index in [9.17, 15) is 19.2 Å². The molecule has 0 amide bonds. The fourth-order valence-corrected chi connectivity index (χ4v) is 0.407. The highest BCUT2D eigenvalue weighted by Gasteiger charge is 1.80. The van der Waals surface area contributed by atoms with Gasteiger partial charge in [-0.1, -0.05) is 5.57 Å². The number of rotatable bonds is 1. The second kappa shape index (κ2) is 18.8. The third-order valence-corrected chi connectivity index (χ3v) is 0.492. The van der Waals surface area contributed by atoms with Gasteiger partial charge in [0.1, 0.15) is 17.3 Å². The second-order valence-electron chi connectivity index (χ2n) is 4.56. The maximum absolute atomic E-state index is 10.2. The SMILES string of the molecule is CC(=O)C=C(C)C.CC(C)=O.CC(C)=O.CC(C)=O. The van der Waals surface area contributed by atoms with Crippen molar-refractivity contribution in [3.8, 4) is 0 Å². The van der Waals surface area contributed by atoms with E-state index >= 15 is 0 Å². The fourth-order valence-electron chi connectivity index (χ4n) is 0.407. The van der Waals surface area contributed by atoms with Gasteiger partial charge in [-0.3, -0.25) is 4.79 Å². The Balaban J connectivity index is -0.0000000825. The summed E-state index contributed by atoms with van der Waals surface area (Å²) >= 11 is 0. The van der Waals surface area contributed by atoms with E-state index in [2.05, 4.69) is 0 Å². The molecule has 0 aliphatic carbocycles. The molecule has 0 unspecified atom stereocenters. The Labute approximate surface area is 117 Å². The van der Waals surface area contributed by atoms with E-state index in [1.165, 1.54) is 41.5 Å². The Bertz CT molecular complexity index is 268. The molecular formula is C15H28O4. The summed E-state index contributed by atoms with van der Waals surface area (Å²) in [5.74, 6) is 0.625. The number of carbonyl (C=O) groups excluding carboxylic acids is 4. The topological polar surface area (TPSA) is 68.3 Å². The normalized spacial score (nSPS) is 7.00. The van der Waals surface area contributed by atoms with Crippen LogP contribution >= 0.6 is 0 Å². The highest BCUT2D eigenvalue weighted by molar-refractivity contribution is 5.87. The van der Waals surface area contributed by atoms with Crippen LogP contribution in [0.2, 0.25) is 0 Å². The molecule has 0 N–H and O–H groups in total. The molecular weight excluding hydrogens is 244 g/mol. The van der Waals surface area contributed by atoms with Crippen molar-refractivity contribution in [2.45, 2.75) is 62.3 Å². The molecule has 0 bridgehead atoms. The third kappa shape index (κ3) is 583. The minimum atomic E-state index is 0.125. The van der Waals surface area contributed by atoms with Crippen molar-refractivity contribution in [3.05, 3.63) is 11.6 Å². The van der Waals surface area contributed by atoms with Gasteiger partial charge < -0.3 is 14.4 Å². The van der Waals surface area contributed by atoms with Crippen LogP contribution in [0.25, 0.3) is 0 Å². The van der Waals surface area contributed by atoms with Gasteiger partial charge >= 0.3 is 0 Å². The molecule has 0 aromatic carbocycles. The molecule has 0 saturated heterocycles. The van der Waals surface area contributed by atoms with E-state index in [-0.39, 0.29) is 23.1 Å². The predicted molar refractivity (Wildman–Crippen MR) is 79.2 cm³/mol. The largest absolute Gasteiger partial charge is 0.300 e. The molecule has 0 aliphatic heterocycles. The summed E-state index contributed by atoms with van der Waals surface area (Å²) in [6.45, 7) is 14.5. The number of hydrogen-bond donors (Lipinski definition) is 0. The smallest absolute Gasteiger partial charge is 0.152 e. The van der Waals surface area contributed by atoms with Gasteiger partial charge in [0.05, 0.1) is 0 Å². The lowest BCUT2D eigenvalue weighted by molar-refractivity contribution is -0.115. The number of hydrogen-bond acceptors (Lipinski definition) is 4. The van der Waals surface area contributed by atoms with Gasteiger partial charge in [-0.2, -0.15) is 0 Å². The first-order chi connectivity index (χ1) is 8.32. The Morgan fingerprint density at radius 2 is 0.684 bits per heavy atom. The van der Waals surface area contributed by atoms with Crippen molar-refractivity contribution in [1.29, 1.82) is 0 Å². The van der Waals surface area contributed by atoms with Crippen molar-refractivity contribution in [2.75, 3.05) is 0 Å². The van der Waals surface area contributed by atoms with Crippen molar-refractivity contribution in [3.63, 3.8) is 0 Å². The molecule has 112 valence electrons. The van der Waals surface area contributed by atoms with Crippen LogP contribution in [0, 0.1) is 0 Å². The molecule has 0 aliphatic rings. The van der Waals surface area contributed by atoms with Crippen LogP contribution in [0.1, 0.15) is 62.3 Å². The number of Topliss-reactive ketones (excluding diaryl/α,β-unsaturated/α-hetero) is 3. The zero-order valence-electron chi connectivity index (χ0n) is 13.7. The van der Waals surface area contributed by atoms with E-state index < -0.39 is 0 Å². The molecule has 0 spiro atoms. The number of ketones is 4. The minimum absolute atomic E-state index is 0.125. The first kappa shape index (κ1) is 26.1. The summed E-state index contributed by atoms with van der Waals surface area (Å²) in [5.41, 5.74) is 1.06. The van der Waals surface area contributed by atoms with Gasteiger partial charge in [-0.05, 0) is 68.4 Å². The first-order valence-corrected chi connectivity index (χ1v) is 5.89. The van der Waals surface area contributed by atoms with Crippen LogP contribution in [0.15, 0.2) is 11.6 Å². The van der Waals surface area contributed by atoms with Crippen molar-refractivity contribution in [1.82, 2.24) is 0 Å². The maximum Gasteiger partial charge on any atom is 0.152 e. The minimum Gasteiger partial charge on any atom is -0.300 e. The average Bonchev–Trinajstić information content (AvgIpc) is 1.95. The third-order valence-electron chi connectivity index (χ3n) is 0.492. The summed E-state index contributed by atoms with van der Waals surface area (Å²) in [6.07, 6.45) is 1.61. The molecule has 0 atom stereocenters. The van der Waals surface area contributed by atoms with E-state index in [1.807, 2.05) is 13.8 Å². The number of allylic oxidation sites excluding steroid dienone is 2. The Hall–Kier alpha value is -1.58. The van der Waals surface area contributed by atoms with Crippen molar-refractivity contribution >= 4 is 23.1 Å². The zero-order valence-corrected chi connectivity index (χ0v) is 13.7. The lowest BCUT2D eigenvalue weighted by Crippen LogP contribution is -1.80. The van der Waals surface area contributed by atoms with Crippen molar-refractivity contribution < 1.29 is 19.2 Å². The predicted octanol–water partition coefficient (Wildman–Crippen LogP) is 3.33. The molecule has 4 nitrogen and oxygen atoms in total. The summed E-state index contributed by atoms with van der Waals surface area (Å²) in [6, 6.07) is 0. The van der Waals surface area contributed by atoms with Crippen molar-refractivity contribution in [2.24, 2.45) is 0 Å². The molecule has 0 rings (SSSR count). The Kier molecular flexibility index (Phi) is 25.8. The average molecular weight is 272 g/mol. The Morgan fingerprint density at radius 3 is 0.684 bits per heavy atom. The Morgan fingerprint density at radius 1 is 0.526 bits per heavy atom. The van der Waals surface area contributed by atoms with E-state index in [0.29, 0.717) is 0 Å². The van der Waals surface area contributed by atoms with E-state index in [0.717, 1.165) is 5.57 Å². The fraction of sp³-hybridized carbons (Fsp3) is 0.600. The summed E-state index contributed by atoms with van der Waals surface area (Å²) in [4.78, 5) is 38.5. The summed E-state index contributed by atoms with van der Waals surface area (Å²) in [5, 5.41) is 0. The van der Waals surface area contributed by atoms with Gasteiger partial charge in [0.15, 0.2) is 5.78 Å². The highest BCUT2D eigenvalue weighted by atomic mass is 16.1. The lowest BCUT2D eigenvalue weighted by Gasteiger charge is -1.80. The van der Waals surface area contributed by atoms with Gasteiger partial charge in [0.25, 0.3) is 0 Å². The van der Waals surface area contributed by atoms with E-state index in [4.69, 9.17) is 0 Å². The molecule has 0 radical (unpaired) electrons. The standard InChI is InChI=1S/C6H10O.3C3H6O/c1-5(2)4-6(3)7;3*1-3(2)4/h4H,1-3H3;3*1-2H3. The highest BCUT2D eigenvalue weighted by Crippen LogP contribution is 1.86. The number of carbonyl (C=O) groups is 4. The van der Waals surface area contributed by atoms with Crippen LogP contribution in [0.4, 0.5) is 0 Å². The first-order valence-electron chi connectivity index (χ1n) is 5.89. The summed E-state index contributed by atoms with van der Waals surface area (Å²) in [7, 11) is 0. The molecule has 4 heteroatoms. The van der Waals surface area contributed by atoms with Gasteiger partial charge in [-0.15, -0.1) is 0 Å².